The Morgan fingerprint density at radius 1 is 1.29 bits per heavy atom. The molecule has 0 saturated carbocycles. The first-order valence-electron chi connectivity index (χ1n) is 5.10. The van der Waals surface area contributed by atoms with Crippen LogP contribution in [-0.4, -0.2) is 38.8 Å². The smallest absolute Gasteiger partial charge is 0.224 e. The number of aliphatic hydroxyl groups excluding tert-OH is 1. The summed E-state index contributed by atoms with van der Waals surface area (Å²) in [6.45, 7) is 0.124. The number of carbonyl (C=O) groups excluding carboxylic acids is 1. The van der Waals surface area contributed by atoms with Crippen molar-refractivity contribution >= 4 is 15.7 Å². The summed E-state index contributed by atoms with van der Waals surface area (Å²) in [6.07, 6.45) is 1.31. The molecule has 0 atom stereocenters. The molecule has 1 aromatic carbocycles. The fraction of sp³-hybridized carbons (Fsp3) is 0.364. The Morgan fingerprint density at radius 3 is 2.35 bits per heavy atom. The van der Waals surface area contributed by atoms with Gasteiger partial charge < -0.3 is 10.4 Å². The van der Waals surface area contributed by atoms with Gasteiger partial charge in [-0.05, 0) is 17.7 Å². The van der Waals surface area contributed by atoms with E-state index >= 15 is 0 Å². The van der Waals surface area contributed by atoms with E-state index in [-0.39, 0.29) is 30.4 Å². The predicted molar refractivity (Wildman–Crippen MR) is 63.4 cm³/mol. The molecule has 1 aromatic rings. The quantitative estimate of drug-likeness (QED) is 0.761. The van der Waals surface area contributed by atoms with E-state index in [0.717, 1.165) is 11.8 Å². The molecule has 94 valence electrons. The molecule has 0 radical (unpaired) electrons. The van der Waals surface area contributed by atoms with Gasteiger partial charge in [0, 0.05) is 12.8 Å². The van der Waals surface area contributed by atoms with Gasteiger partial charge in [0.1, 0.15) is 0 Å². The maximum absolute atomic E-state index is 11.3. The van der Waals surface area contributed by atoms with Crippen LogP contribution in [0, 0.1) is 0 Å². The third-order valence-electron chi connectivity index (χ3n) is 2.15. The Kier molecular flexibility index (Phi) is 4.65. The maximum atomic E-state index is 11.3. The molecule has 0 heterocycles. The van der Waals surface area contributed by atoms with E-state index < -0.39 is 9.84 Å². The molecule has 0 spiro atoms. The fourth-order valence-electron chi connectivity index (χ4n) is 1.30. The zero-order valence-electron chi connectivity index (χ0n) is 9.51. The lowest BCUT2D eigenvalue weighted by atomic mass is 10.1. The Balaban J connectivity index is 2.66. The maximum Gasteiger partial charge on any atom is 0.224 e. The molecule has 2 N–H and O–H groups in total. The van der Waals surface area contributed by atoms with E-state index in [1.165, 1.54) is 12.1 Å². The second-order valence-electron chi connectivity index (χ2n) is 3.67. The van der Waals surface area contributed by atoms with Crippen LogP contribution in [0.3, 0.4) is 0 Å². The van der Waals surface area contributed by atoms with Crippen molar-refractivity contribution in [1.82, 2.24) is 5.32 Å². The molecular weight excluding hydrogens is 242 g/mol. The van der Waals surface area contributed by atoms with Crippen molar-refractivity contribution in [1.29, 1.82) is 0 Å². The third-order valence-corrected chi connectivity index (χ3v) is 3.28. The van der Waals surface area contributed by atoms with Crippen molar-refractivity contribution < 1.29 is 18.3 Å². The van der Waals surface area contributed by atoms with Crippen molar-refractivity contribution in [3.05, 3.63) is 29.8 Å². The molecule has 0 aliphatic heterocycles. The molecule has 5 nitrogen and oxygen atoms in total. The number of sulfone groups is 1. The second-order valence-corrected chi connectivity index (χ2v) is 5.68. The van der Waals surface area contributed by atoms with Gasteiger partial charge in [-0.15, -0.1) is 0 Å². The Labute approximate surface area is 100 Å². The van der Waals surface area contributed by atoms with Crippen molar-refractivity contribution in [3.8, 4) is 0 Å². The van der Waals surface area contributed by atoms with Gasteiger partial charge in [0.2, 0.25) is 5.91 Å². The summed E-state index contributed by atoms with van der Waals surface area (Å²) in [4.78, 5) is 11.5. The zero-order chi connectivity index (χ0) is 12.9. The van der Waals surface area contributed by atoms with Gasteiger partial charge in [-0.25, -0.2) is 8.42 Å². The van der Waals surface area contributed by atoms with E-state index in [2.05, 4.69) is 5.32 Å². The fourth-order valence-corrected chi connectivity index (χ4v) is 1.93. The van der Waals surface area contributed by atoms with Crippen LogP contribution in [0.4, 0.5) is 0 Å². The monoisotopic (exact) mass is 257 g/mol. The summed E-state index contributed by atoms with van der Waals surface area (Å²) >= 11 is 0. The third kappa shape index (κ3) is 4.54. The average molecular weight is 257 g/mol. The predicted octanol–water partition coefficient (Wildman–Crippen LogP) is -0.259. The van der Waals surface area contributed by atoms with Gasteiger partial charge in [-0.2, -0.15) is 0 Å². The van der Waals surface area contributed by atoms with E-state index in [9.17, 15) is 13.2 Å². The van der Waals surface area contributed by atoms with Crippen LogP contribution in [0.1, 0.15) is 5.56 Å². The summed E-state index contributed by atoms with van der Waals surface area (Å²) in [6, 6.07) is 6.16. The van der Waals surface area contributed by atoms with Crippen LogP contribution in [-0.2, 0) is 21.1 Å². The number of rotatable bonds is 5. The highest BCUT2D eigenvalue weighted by molar-refractivity contribution is 7.90. The Bertz CT molecular complexity index is 479. The lowest BCUT2D eigenvalue weighted by molar-refractivity contribution is -0.120. The first-order valence-corrected chi connectivity index (χ1v) is 6.99. The minimum atomic E-state index is -3.20. The first-order chi connectivity index (χ1) is 7.93. The van der Waals surface area contributed by atoms with Crippen molar-refractivity contribution in [2.75, 3.05) is 19.4 Å². The summed E-state index contributed by atoms with van der Waals surface area (Å²) in [5, 5.41) is 11.0. The van der Waals surface area contributed by atoms with Crippen LogP contribution < -0.4 is 5.32 Å². The van der Waals surface area contributed by atoms with Gasteiger partial charge in [-0.3, -0.25) is 4.79 Å². The van der Waals surface area contributed by atoms with Gasteiger partial charge >= 0.3 is 0 Å². The van der Waals surface area contributed by atoms with E-state index in [1.807, 2.05) is 0 Å². The van der Waals surface area contributed by atoms with Gasteiger partial charge in [-0.1, -0.05) is 12.1 Å². The van der Waals surface area contributed by atoms with Gasteiger partial charge in [0.25, 0.3) is 0 Å². The molecule has 0 aromatic heterocycles. The van der Waals surface area contributed by atoms with Crippen molar-refractivity contribution in [2.24, 2.45) is 0 Å². The molecule has 0 aliphatic rings. The lowest BCUT2D eigenvalue weighted by Crippen LogP contribution is -2.27. The molecule has 1 amide bonds. The van der Waals surface area contributed by atoms with E-state index in [1.54, 1.807) is 12.1 Å². The van der Waals surface area contributed by atoms with Gasteiger partial charge in [0.05, 0.1) is 17.9 Å². The minimum absolute atomic E-state index is 0.0985. The van der Waals surface area contributed by atoms with Crippen LogP contribution in [0.5, 0.6) is 0 Å². The normalized spacial score (nSPS) is 11.2. The number of hydrogen-bond donors (Lipinski definition) is 2. The number of benzene rings is 1. The summed E-state index contributed by atoms with van der Waals surface area (Å²) in [5.74, 6) is -0.203. The van der Waals surface area contributed by atoms with Gasteiger partial charge in [0.15, 0.2) is 9.84 Å². The van der Waals surface area contributed by atoms with Crippen molar-refractivity contribution in [2.45, 2.75) is 11.3 Å². The molecule has 6 heteroatoms. The SMILES string of the molecule is CS(=O)(=O)c1ccc(CC(=O)NCCO)cc1. The highest BCUT2D eigenvalue weighted by Crippen LogP contribution is 2.10. The van der Waals surface area contributed by atoms with Crippen LogP contribution in [0.25, 0.3) is 0 Å². The van der Waals surface area contributed by atoms with E-state index in [0.29, 0.717) is 0 Å². The highest BCUT2D eigenvalue weighted by atomic mass is 32.2. The molecule has 0 saturated heterocycles. The summed E-state index contributed by atoms with van der Waals surface area (Å²) in [7, 11) is -3.20. The number of amides is 1. The van der Waals surface area contributed by atoms with Crippen LogP contribution in [0.15, 0.2) is 29.2 Å². The molecular formula is C11H15NO4S. The van der Waals surface area contributed by atoms with Crippen molar-refractivity contribution in [3.63, 3.8) is 0 Å². The Hall–Kier alpha value is -1.40. The average Bonchev–Trinajstić information content (AvgIpc) is 2.26. The molecule has 17 heavy (non-hydrogen) atoms. The topological polar surface area (TPSA) is 83.5 Å². The number of aliphatic hydroxyl groups is 1. The van der Waals surface area contributed by atoms with Crippen LogP contribution >= 0.6 is 0 Å². The van der Waals surface area contributed by atoms with E-state index in [4.69, 9.17) is 5.11 Å². The zero-order valence-corrected chi connectivity index (χ0v) is 10.3. The molecule has 0 fully saturated rings. The van der Waals surface area contributed by atoms with Crippen LogP contribution in [0.2, 0.25) is 0 Å². The standard InChI is InChI=1S/C11H15NO4S/c1-17(15,16)10-4-2-9(3-5-10)8-11(14)12-6-7-13/h2-5,13H,6-8H2,1H3,(H,12,14). The number of nitrogens with one attached hydrogen (secondary N) is 1. The lowest BCUT2D eigenvalue weighted by Gasteiger charge is -2.04. The first kappa shape index (κ1) is 13.7. The highest BCUT2D eigenvalue weighted by Gasteiger charge is 2.07. The summed E-state index contributed by atoms with van der Waals surface area (Å²) in [5.41, 5.74) is 0.729. The summed E-state index contributed by atoms with van der Waals surface area (Å²) < 4.78 is 22.4. The molecule has 1 rings (SSSR count). The number of carbonyl (C=O) groups is 1. The molecule has 0 bridgehead atoms. The largest absolute Gasteiger partial charge is 0.395 e. The molecule has 0 aliphatic carbocycles. The second kappa shape index (κ2) is 5.79. The minimum Gasteiger partial charge on any atom is -0.395 e. The molecule has 0 unspecified atom stereocenters. The Morgan fingerprint density at radius 2 is 1.88 bits per heavy atom. The number of hydrogen-bond acceptors (Lipinski definition) is 4.